The van der Waals surface area contributed by atoms with E-state index in [4.69, 9.17) is 4.74 Å². The topological polar surface area (TPSA) is 72.8 Å². The fourth-order valence-corrected chi connectivity index (χ4v) is 5.99. The fraction of sp³-hybridized carbons (Fsp3) is 0.760. The lowest BCUT2D eigenvalue weighted by atomic mass is 9.47. The van der Waals surface area contributed by atoms with Crippen LogP contribution in [0.2, 0.25) is 0 Å². The van der Waals surface area contributed by atoms with Crippen molar-refractivity contribution in [3.05, 3.63) is 23.3 Å². The molecule has 0 aromatic rings. The molecule has 1 N–H and O–H groups in total. The number of fused-ring (bicyclic) bond motifs is 1. The largest absolute Gasteiger partial charge is 0.469 e. The van der Waals surface area contributed by atoms with E-state index in [1.165, 1.54) is 18.3 Å². The summed E-state index contributed by atoms with van der Waals surface area (Å²) >= 11 is 0. The van der Waals surface area contributed by atoms with Crippen molar-refractivity contribution in [2.45, 2.75) is 85.7 Å². The second kappa shape index (κ2) is 10.1. The van der Waals surface area contributed by atoms with Crippen LogP contribution < -0.4 is 0 Å². The van der Waals surface area contributed by atoms with Gasteiger partial charge in [0.15, 0.2) is 0 Å². The number of methoxy groups -OCH3 is 1. The van der Waals surface area contributed by atoms with Crippen LogP contribution in [0.25, 0.3) is 0 Å². The smallest absolute Gasteiger partial charge is 0.306 e. The lowest BCUT2D eigenvalue weighted by molar-refractivity contribution is -0.148. The van der Waals surface area contributed by atoms with Gasteiger partial charge in [-0.05, 0) is 74.7 Å². The van der Waals surface area contributed by atoms with Gasteiger partial charge in [-0.25, -0.2) is 0 Å². The summed E-state index contributed by atoms with van der Waals surface area (Å²) in [6.07, 6.45) is 9.08. The van der Waals surface area contributed by atoms with Crippen LogP contribution in [-0.4, -0.2) is 36.9 Å². The first-order valence-electron chi connectivity index (χ1n) is 11.2. The van der Waals surface area contributed by atoms with E-state index >= 15 is 0 Å². The molecule has 0 unspecified atom stereocenters. The van der Waals surface area contributed by atoms with Gasteiger partial charge in [0, 0.05) is 0 Å². The summed E-state index contributed by atoms with van der Waals surface area (Å²) in [6.45, 7) is 11.5. The first-order valence-corrected chi connectivity index (χ1v) is 11.2. The SMILES string of the molecule is COC(=O)CCC(=O)OC/C=C(\C)CC[C@H]1C(C)=CC[C@H]2C(C)(C)C[C@H](O)C[C@]12C. The van der Waals surface area contributed by atoms with Gasteiger partial charge in [0.1, 0.15) is 6.61 Å². The highest BCUT2D eigenvalue weighted by atomic mass is 16.5. The van der Waals surface area contributed by atoms with Crippen molar-refractivity contribution in [2.24, 2.45) is 22.7 Å². The Kier molecular flexibility index (Phi) is 8.32. The van der Waals surface area contributed by atoms with E-state index < -0.39 is 5.97 Å². The third-order valence-electron chi connectivity index (χ3n) is 7.46. The van der Waals surface area contributed by atoms with Crippen molar-refractivity contribution in [3.63, 3.8) is 0 Å². The molecule has 2 aliphatic carbocycles. The van der Waals surface area contributed by atoms with Gasteiger partial charge in [0.05, 0.1) is 26.1 Å². The summed E-state index contributed by atoms with van der Waals surface area (Å²) < 4.78 is 9.73. The molecule has 5 heteroatoms. The van der Waals surface area contributed by atoms with Gasteiger partial charge in [-0.3, -0.25) is 9.59 Å². The van der Waals surface area contributed by atoms with Gasteiger partial charge in [-0.1, -0.05) is 38.0 Å². The summed E-state index contributed by atoms with van der Waals surface area (Å²) in [5.41, 5.74) is 2.90. The molecular weight excluding hydrogens is 380 g/mol. The number of hydrogen-bond donors (Lipinski definition) is 1. The van der Waals surface area contributed by atoms with Crippen LogP contribution in [0.4, 0.5) is 0 Å². The highest BCUT2D eigenvalue weighted by Crippen LogP contribution is 2.60. The van der Waals surface area contributed by atoms with E-state index in [1.54, 1.807) is 0 Å². The van der Waals surface area contributed by atoms with E-state index in [0.29, 0.717) is 11.8 Å². The molecule has 2 aliphatic rings. The van der Waals surface area contributed by atoms with Crippen LogP contribution in [0.3, 0.4) is 0 Å². The molecule has 170 valence electrons. The molecule has 30 heavy (non-hydrogen) atoms. The van der Waals surface area contributed by atoms with Gasteiger partial charge < -0.3 is 14.6 Å². The molecule has 0 saturated heterocycles. The van der Waals surface area contributed by atoms with Crippen molar-refractivity contribution in [3.8, 4) is 0 Å². The molecule has 4 atom stereocenters. The van der Waals surface area contributed by atoms with Crippen molar-refractivity contribution >= 4 is 11.9 Å². The van der Waals surface area contributed by atoms with Crippen LogP contribution in [0, 0.1) is 22.7 Å². The predicted molar refractivity (Wildman–Crippen MR) is 118 cm³/mol. The first kappa shape index (κ1) is 24.6. The fourth-order valence-electron chi connectivity index (χ4n) is 5.99. The normalized spacial score (nSPS) is 30.8. The minimum atomic E-state index is -0.405. The minimum absolute atomic E-state index is 0.0451. The zero-order chi connectivity index (χ0) is 22.5. The molecular formula is C25H40O5. The number of allylic oxidation sites excluding steroid dienone is 3. The Morgan fingerprint density at radius 2 is 1.83 bits per heavy atom. The monoisotopic (exact) mass is 420 g/mol. The highest BCUT2D eigenvalue weighted by Gasteiger charge is 2.53. The van der Waals surface area contributed by atoms with E-state index in [0.717, 1.165) is 32.1 Å². The van der Waals surface area contributed by atoms with Crippen LogP contribution in [0.5, 0.6) is 0 Å². The number of rotatable bonds is 8. The van der Waals surface area contributed by atoms with Crippen LogP contribution in [0.15, 0.2) is 23.3 Å². The number of carbonyl (C=O) groups is 2. The van der Waals surface area contributed by atoms with E-state index in [-0.39, 0.29) is 42.4 Å². The van der Waals surface area contributed by atoms with E-state index in [1.807, 2.05) is 6.08 Å². The predicted octanol–water partition coefficient (Wildman–Crippen LogP) is 4.98. The van der Waals surface area contributed by atoms with Crippen molar-refractivity contribution in [1.82, 2.24) is 0 Å². The Hall–Kier alpha value is -1.62. The Morgan fingerprint density at radius 3 is 2.50 bits per heavy atom. The van der Waals surface area contributed by atoms with Crippen LogP contribution in [0.1, 0.15) is 79.6 Å². The molecule has 0 aromatic carbocycles. The summed E-state index contributed by atoms with van der Waals surface area (Å²) in [7, 11) is 1.31. The quantitative estimate of drug-likeness (QED) is 0.443. The third-order valence-corrected chi connectivity index (χ3v) is 7.46. The average molecular weight is 421 g/mol. The van der Waals surface area contributed by atoms with E-state index in [9.17, 15) is 14.7 Å². The number of aliphatic hydroxyl groups excluding tert-OH is 1. The number of carbonyl (C=O) groups excluding carboxylic acids is 2. The molecule has 1 fully saturated rings. The molecule has 0 heterocycles. The molecule has 1 saturated carbocycles. The maximum atomic E-state index is 11.7. The second-order valence-electron chi connectivity index (χ2n) is 10.2. The zero-order valence-corrected chi connectivity index (χ0v) is 19.6. The van der Waals surface area contributed by atoms with Crippen molar-refractivity contribution in [1.29, 1.82) is 0 Å². The van der Waals surface area contributed by atoms with E-state index in [2.05, 4.69) is 45.4 Å². The summed E-state index contributed by atoms with van der Waals surface area (Å²) in [6, 6.07) is 0. The Bertz CT molecular complexity index is 690. The van der Waals surface area contributed by atoms with Gasteiger partial charge >= 0.3 is 11.9 Å². The lowest BCUT2D eigenvalue weighted by Crippen LogP contribution is -2.52. The van der Waals surface area contributed by atoms with Crippen molar-refractivity contribution < 1.29 is 24.2 Å². The Labute approximate surface area is 181 Å². The molecule has 0 spiro atoms. The molecule has 0 aromatic heterocycles. The molecule has 2 rings (SSSR count). The molecule has 0 bridgehead atoms. The van der Waals surface area contributed by atoms with Crippen LogP contribution >= 0.6 is 0 Å². The molecule has 0 aliphatic heterocycles. The standard InChI is InChI=1S/C25H40O5/c1-17(13-14-30-23(28)12-11-22(27)29-6)7-9-20-18(2)8-10-21-24(3,4)15-19(26)16-25(20,21)5/h8,13,19-21,26H,7,9-12,14-16H2,1-6H3/b17-13+/t19-,20-,21-,25+/m0/s1. The molecule has 5 nitrogen and oxygen atoms in total. The van der Waals surface area contributed by atoms with Crippen LogP contribution in [-0.2, 0) is 19.1 Å². The number of hydrogen-bond acceptors (Lipinski definition) is 5. The number of ether oxygens (including phenoxy) is 2. The second-order valence-corrected chi connectivity index (χ2v) is 10.2. The highest BCUT2D eigenvalue weighted by molar-refractivity contribution is 5.77. The Morgan fingerprint density at radius 1 is 1.17 bits per heavy atom. The summed E-state index contributed by atoms with van der Waals surface area (Å²) in [4.78, 5) is 22.8. The maximum absolute atomic E-state index is 11.7. The zero-order valence-electron chi connectivity index (χ0n) is 19.6. The minimum Gasteiger partial charge on any atom is -0.469 e. The Balaban J connectivity index is 1.92. The number of aliphatic hydroxyl groups is 1. The maximum Gasteiger partial charge on any atom is 0.306 e. The van der Waals surface area contributed by atoms with Gasteiger partial charge in [0.2, 0.25) is 0 Å². The summed E-state index contributed by atoms with van der Waals surface area (Å²) in [5, 5.41) is 10.6. The first-order chi connectivity index (χ1) is 14.0. The average Bonchev–Trinajstić information content (AvgIpc) is 2.63. The van der Waals surface area contributed by atoms with Gasteiger partial charge in [-0.15, -0.1) is 0 Å². The third kappa shape index (κ3) is 5.96. The lowest BCUT2D eigenvalue weighted by Gasteiger charge is -2.58. The molecule has 0 radical (unpaired) electrons. The van der Waals surface area contributed by atoms with Gasteiger partial charge in [-0.2, -0.15) is 0 Å². The van der Waals surface area contributed by atoms with Crippen molar-refractivity contribution in [2.75, 3.05) is 13.7 Å². The summed E-state index contributed by atoms with van der Waals surface area (Å²) in [5.74, 6) is 0.250. The number of esters is 2. The van der Waals surface area contributed by atoms with Gasteiger partial charge in [0.25, 0.3) is 0 Å². The molecule has 0 amide bonds.